The van der Waals surface area contributed by atoms with Crippen LogP contribution in [0.2, 0.25) is 0 Å². The number of rotatable bonds is 3. The summed E-state index contributed by atoms with van der Waals surface area (Å²) in [5, 5.41) is 25.8. The Labute approximate surface area is 187 Å². The Kier molecular flexibility index (Phi) is 3.83. The lowest BCUT2D eigenvalue weighted by molar-refractivity contribution is -0.118. The predicted octanol–water partition coefficient (Wildman–Crippen LogP) is 5.24. The second-order valence-corrected chi connectivity index (χ2v) is 9.74. The smallest absolute Gasteiger partial charge is 0.136 e. The summed E-state index contributed by atoms with van der Waals surface area (Å²) in [7, 11) is 6.40. The van der Waals surface area contributed by atoms with E-state index in [1.807, 2.05) is 24.3 Å². The van der Waals surface area contributed by atoms with Gasteiger partial charge in [0.1, 0.15) is 19.0 Å². The first kappa shape index (κ1) is 19.6. The summed E-state index contributed by atoms with van der Waals surface area (Å²) < 4.78 is 6.25. The van der Waals surface area contributed by atoms with Crippen LogP contribution in [0.15, 0.2) is 65.1 Å². The molecule has 0 bridgehead atoms. The predicted molar refractivity (Wildman–Crippen MR) is 132 cm³/mol. The van der Waals surface area contributed by atoms with E-state index < -0.39 is 11.2 Å². The van der Waals surface area contributed by atoms with E-state index in [2.05, 4.69) is 36.4 Å². The van der Waals surface area contributed by atoms with Crippen molar-refractivity contribution in [2.45, 2.75) is 38.4 Å². The molecule has 1 atom stereocenters. The molecule has 2 N–H and O–H groups in total. The Morgan fingerprint density at radius 3 is 2.12 bits per heavy atom. The van der Waals surface area contributed by atoms with Crippen molar-refractivity contribution in [2.24, 2.45) is 0 Å². The fourth-order valence-electron chi connectivity index (χ4n) is 5.05. The second kappa shape index (κ2) is 6.25. The Morgan fingerprint density at radius 2 is 1.44 bits per heavy atom. The molecule has 0 saturated carbocycles. The first-order valence-corrected chi connectivity index (χ1v) is 10.9. The molecule has 6 rings (SSSR count). The molecule has 0 saturated heterocycles. The molecule has 0 aliphatic heterocycles. The third-order valence-corrected chi connectivity index (χ3v) is 7.16. The van der Waals surface area contributed by atoms with Gasteiger partial charge in [-0.25, -0.2) is 0 Å². The van der Waals surface area contributed by atoms with Crippen molar-refractivity contribution in [2.75, 3.05) is 0 Å². The maximum Gasteiger partial charge on any atom is 0.136 e. The molecule has 1 heterocycles. The average Bonchev–Trinajstić information content (AvgIpc) is 3.25. The zero-order chi connectivity index (χ0) is 22.4. The third-order valence-electron chi connectivity index (χ3n) is 7.16. The molecule has 3 nitrogen and oxygen atoms in total. The van der Waals surface area contributed by atoms with Gasteiger partial charge in [0.15, 0.2) is 0 Å². The Hall–Kier alpha value is -3.08. The lowest BCUT2D eigenvalue weighted by Gasteiger charge is -2.36. The van der Waals surface area contributed by atoms with Crippen molar-refractivity contribution >= 4 is 46.0 Å². The standard InChI is InChI=1S/C28H23BO3/c1-27(2,30)28(3,31)14-15-11-18-16-7-4-5-8-17(16)19-13-23-25(20(12-15)24(18)19)26-21(29)9-6-10-22(26)32-23/h4-13,30-31H,14H2,1-3H3. The van der Waals surface area contributed by atoms with Crippen LogP contribution in [0.4, 0.5) is 0 Å². The summed E-state index contributed by atoms with van der Waals surface area (Å²) >= 11 is 0. The van der Waals surface area contributed by atoms with Crippen LogP contribution >= 0.6 is 0 Å². The molecule has 0 fully saturated rings. The molecule has 5 aromatic rings. The van der Waals surface area contributed by atoms with Crippen LogP contribution in [0.5, 0.6) is 0 Å². The zero-order valence-corrected chi connectivity index (χ0v) is 18.4. The highest BCUT2D eigenvalue weighted by Gasteiger charge is 2.38. The van der Waals surface area contributed by atoms with Crippen LogP contribution in [-0.4, -0.2) is 29.3 Å². The highest BCUT2D eigenvalue weighted by molar-refractivity contribution is 6.43. The van der Waals surface area contributed by atoms with Gasteiger partial charge in [-0.05, 0) is 71.5 Å². The van der Waals surface area contributed by atoms with Gasteiger partial charge >= 0.3 is 0 Å². The summed E-state index contributed by atoms with van der Waals surface area (Å²) in [6, 6.07) is 20.5. The molecular weight excluding hydrogens is 395 g/mol. The SMILES string of the molecule is [B]c1cccc2oc3cc4c5c(cc(CC(C)(O)C(C)(C)O)cc5c3c12)-c1ccccc1-4. The fourth-order valence-corrected chi connectivity index (χ4v) is 5.05. The van der Waals surface area contributed by atoms with Crippen LogP contribution in [0.3, 0.4) is 0 Å². The topological polar surface area (TPSA) is 53.6 Å². The van der Waals surface area contributed by atoms with Crippen LogP contribution in [-0.2, 0) is 6.42 Å². The largest absolute Gasteiger partial charge is 0.456 e. The van der Waals surface area contributed by atoms with Crippen molar-refractivity contribution in [3.8, 4) is 22.3 Å². The quantitative estimate of drug-likeness (QED) is 0.386. The Balaban J connectivity index is 1.76. The number of hydrogen-bond acceptors (Lipinski definition) is 3. The Morgan fingerprint density at radius 1 is 0.750 bits per heavy atom. The van der Waals surface area contributed by atoms with Crippen LogP contribution in [0, 0.1) is 0 Å². The summed E-state index contributed by atoms with van der Waals surface area (Å²) in [6.45, 7) is 4.97. The number of fused-ring (bicyclic) bond motifs is 7. The summed E-state index contributed by atoms with van der Waals surface area (Å²) in [5.41, 5.74) is 5.30. The van der Waals surface area contributed by atoms with Gasteiger partial charge in [-0.1, -0.05) is 54.0 Å². The highest BCUT2D eigenvalue weighted by atomic mass is 16.4. The van der Waals surface area contributed by atoms with E-state index in [0.29, 0.717) is 11.9 Å². The van der Waals surface area contributed by atoms with E-state index in [9.17, 15) is 10.2 Å². The van der Waals surface area contributed by atoms with Gasteiger partial charge in [0.2, 0.25) is 0 Å². The van der Waals surface area contributed by atoms with Gasteiger partial charge < -0.3 is 14.6 Å². The summed E-state index contributed by atoms with van der Waals surface area (Å²) in [4.78, 5) is 0. The molecule has 1 unspecified atom stereocenters. The molecule has 2 radical (unpaired) electrons. The summed E-state index contributed by atoms with van der Waals surface area (Å²) in [6.07, 6.45) is 0.318. The van der Waals surface area contributed by atoms with Crippen molar-refractivity contribution < 1.29 is 14.6 Å². The molecule has 1 aromatic heterocycles. The molecule has 4 heteroatoms. The molecule has 156 valence electrons. The highest BCUT2D eigenvalue weighted by Crippen LogP contribution is 2.51. The molecule has 1 aliphatic rings. The lowest BCUT2D eigenvalue weighted by Crippen LogP contribution is -2.49. The molecule has 0 amide bonds. The minimum Gasteiger partial charge on any atom is -0.456 e. The normalized spacial score (nSPS) is 14.9. The third kappa shape index (κ3) is 2.57. The summed E-state index contributed by atoms with van der Waals surface area (Å²) in [5.74, 6) is 0. The van der Waals surface area contributed by atoms with Gasteiger partial charge in [-0.3, -0.25) is 0 Å². The van der Waals surface area contributed by atoms with Crippen molar-refractivity contribution in [1.29, 1.82) is 0 Å². The van der Waals surface area contributed by atoms with Gasteiger partial charge in [-0.2, -0.15) is 0 Å². The maximum atomic E-state index is 11.0. The van der Waals surface area contributed by atoms with E-state index in [-0.39, 0.29) is 0 Å². The lowest BCUT2D eigenvalue weighted by atomic mass is 9.81. The van der Waals surface area contributed by atoms with E-state index in [0.717, 1.165) is 44.0 Å². The minimum atomic E-state index is -1.29. The van der Waals surface area contributed by atoms with Crippen molar-refractivity contribution in [3.05, 3.63) is 66.2 Å². The minimum absolute atomic E-state index is 0.318. The molecule has 4 aromatic carbocycles. The molecule has 0 spiro atoms. The first-order valence-electron chi connectivity index (χ1n) is 10.9. The van der Waals surface area contributed by atoms with Crippen LogP contribution in [0.1, 0.15) is 26.3 Å². The van der Waals surface area contributed by atoms with E-state index in [4.69, 9.17) is 12.3 Å². The number of hydrogen-bond donors (Lipinski definition) is 2. The molecule has 32 heavy (non-hydrogen) atoms. The van der Waals surface area contributed by atoms with Crippen LogP contribution in [0.25, 0.3) is 55.0 Å². The van der Waals surface area contributed by atoms with Gasteiger partial charge in [0.05, 0.1) is 11.2 Å². The molecular formula is C28H23BO3. The average molecular weight is 418 g/mol. The van der Waals surface area contributed by atoms with Crippen molar-refractivity contribution in [1.82, 2.24) is 0 Å². The number of furan rings is 1. The van der Waals surface area contributed by atoms with Gasteiger partial charge in [0.25, 0.3) is 0 Å². The fraction of sp³-hybridized carbons (Fsp3) is 0.214. The van der Waals surface area contributed by atoms with E-state index >= 15 is 0 Å². The monoisotopic (exact) mass is 418 g/mol. The second-order valence-electron chi connectivity index (χ2n) is 9.74. The molecule has 1 aliphatic carbocycles. The van der Waals surface area contributed by atoms with E-state index in [1.54, 1.807) is 20.8 Å². The number of benzene rings is 4. The number of aliphatic hydroxyl groups is 2. The maximum absolute atomic E-state index is 11.0. The zero-order valence-electron chi connectivity index (χ0n) is 18.4. The van der Waals surface area contributed by atoms with Gasteiger partial charge in [0, 0.05) is 17.2 Å². The van der Waals surface area contributed by atoms with Gasteiger partial charge in [-0.15, -0.1) is 0 Å². The Bertz CT molecular complexity index is 1570. The van der Waals surface area contributed by atoms with Crippen molar-refractivity contribution in [3.63, 3.8) is 0 Å². The first-order chi connectivity index (χ1) is 15.2. The van der Waals surface area contributed by atoms with Crippen LogP contribution < -0.4 is 5.46 Å². The van der Waals surface area contributed by atoms with E-state index in [1.165, 1.54) is 16.5 Å².